The van der Waals surface area contributed by atoms with Crippen LogP contribution in [-0.4, -0.2) is 49.3 Å². The highest BCUT2D eigenvalue weighted by molar-refractivity contribution is 5.40. The third kappa shape index (κ3) is 4.45. The van der Waals surface area contributed by atoms with Crippen molar-refractivity contribution in [2.24, 2.45) is 0 Å². The van der Waals surface area contributed by atoms with Gasteiger partial charge in [0.25, 0.3) is 0 Å². The average molecular weight is 306 g/mol. The van der Waals surface area contributed by atoms with Crippen LogP contribution in [0.2, 0.25) is 0 Å². The summed E-state index contributed by atoms with van der Waals surface area (Å²) in [5, 5.41) is 13.9. The first-order chi connectivity index (χ1) is 10.7. The van der Waals surface area contributed by atoms with E-state index in [0.29, 0.717) is 19.1 Å². The van der Waals surface area contributed by atoms with E-state index in [-0.39, 0.29) is 0 Å². The van der Waals surface area contributed by atoms with Crippen molar-refractivity contribution in [2.45, 2.75) is 39.2 Å². The maximum absolute atomic E-state index is 10.6. The minimum Gasteiger partial charge on any atom is -0.494 e. The molecule has 1 heterocycles. The Morgan fingerprint density at radius 2 is 2.00 bits per heavy atom. The van der Waals surface area contributed by atoms with Crippen molar-refractivity contribution >= 4 is 0 Å². The van der Waals surface area contributed by atoms with Crippen LogP contribution >= 0.6 is 0 Å². The van der Waals surface area contributed by atoms with Gasteiger partial charge in [0.05, 0.1) is 12.7 Å². The van der Waals surface area contributed by atoms with Crippen LogP contribution in [0.15, 0.2) is 18.2 Å². The van der Waals surface area contributed by atoms with Gasteiger partial charge in [-0.3, -0.25) is 4.90 Å². The molecule has 1 aromatic rings. The molecule has 0 amide bonds. The Bertz CT molecular complexity index is 458. The second kappa shape index (κ2) is 8.51. The van der Waals surface area contributed by atoms with Gasteiger partial charge < -0.3 is 15.2 Å². The Kier molecular flexibility index (Phi) is 6.68. The number of benzene rings is 1. The molecule has 1 saturated heterocycles. The van der Waals surface area contributed by atoms with Crippen LogP contribution < -0.4 is 10.1 Å². The SMILES string of the molecule is CCOc1ccc(C(O)CN2CCNCC2)cc1C(C)CC. The fraction of sp³-hybridized carbons (Fsp3) is 0.667. The Balaban J connectivity index is 2.12. The largest absolute Gasteiger partial charge is 0.494 e. The lowest BCUT2D eigenvalue weighted by Crippen LogP contribution is -2.44. The quantitative estimate of drug-likeness (QED) is 0.812. The second-order valence-corrected chi connectivity index (χ2v) is 6.11. The summed E-state index contributed by atoms with van der Waals surface area (Å²) in [6.07, 6.45) is 0.633. The van der Waals surface area contributed by atoms with Crippen molar-refractivity contribution in [3.8, 4) is 5.75 Å². The zero-order valence-corrected chi connectivity index (χ0v) is 14.1. The number of hydrogen-bond donors (Lipinski definition) is 2. The van der Waals surface area contributed by atoms with E-state index < -0.39 is 6.10 Å². The molecule has 0 radical (unpaired) electrons. The molecule has 0 spiro atoms. The first-order valence-electron chi connectivity index (χ1n) is 8.53. The predicted molar refractivity (Wildman–Crippen MR) is 90.6 cm³/mol. The van der Waals surface area contributed by atoms with E-state index in [4.69, 9.17) is 4.74 Å². The van der Waals surface area contributed by atoms with Crippen LogP contribution in [0.4, 0.5) is 0 Å². The normalized spacial score (nSPS) is 18.9. The lowest BCUT2D eigenvalue weighted by atomic mass is 9.94. The Labute approximate surface area is 134 Å². The number of ether oxygens (including phenoxy) is 1. The summed E-state index contributed by atoms with van der Waals surface area (Å²) in [4.78, 5) is 2.32. The number of nitrogens with zero attached hydrogens (tertiary/aromatic N) is 1. The van der Waals surface area contributed by atoms with Gasteiger partial charge in [0.1, 0.15) is 5.75 Å². The zero-order chi connectivity index (χ0) is 15.9. The number of β-amino-alcohol motifs (C(OH)–C–C–N with tert-alkyl or cyclic N) is 1. The first kappa shape index (κ1) is 17.3. The molecule has 1 aromatic carbocycles. The van der Waals surface area contributed by atoms with Crippen molar-refractivity contribution in [2.75, 3.05) is 39.3 Å². The van der Waals surface area contributed by atoms with Crippen molar-refractivity contribution in [1.82, 2.24) is 10.2 Å². The highest BCUT2D eigenvalue weighted by atomic mass is 16.5. The lowest BCUT2D eigenvalue weighted by molar-refractivity contribution is 0.105. The van der Waals surface area contributed by atoms with Gasteiger partial charge in [-0.1, -0.05) is 19.9 Å². The Morgan fingerprint density at radius 3 is 2.64 bits per heavy atom. The number of piperazine rings is 1. The van der Waals surface area contributed by atoms with Gasteiger partial charge >= 0.3 is 0 Å². The van der Waals surface area contributed by atoms with E-state index in [1.54, 1.807) is 0 Å². The van der Waals surface area contributed by atoms with Crippen LogP contribution in [0.25, 0.3) is 0 Å². The molecule has 2 N–H and O–H groups in total. The number of nitrogens with one attached hydrogen (secondary N) is 1. The molecule has 0 saturated carbocycles. The van der Waals surface area contributed by atoms with Gasteiger partial charge in [0.15, 0.2) is 0 Å². The van der Waals surface area contributed by atoms with Crippen molar-refractivity contribution in [3.05, 3.63) is 29.3 Å². The van der Waals surface area contributed by atoms with Crippen molar-refractivity contribution in [3.63, 3.8) is 0 Å². The molecule has 4 heteroatoms. The summed E-state index contributed by atoms with van der Waals surface area (Å²) in [5.41, 5.74) is 2.21. The van der Waals surface area contributed by atoms with E-state index in [9.17, 15) is 5.11 Å². The maximum Gasteiger partial charge on any atom is 0.122 e. The molecular formula is C18H30N2O2. The smallest absolute Gasteiger partial charge is 0.122 e. The second-order valence-electron chi connectivity index (χ2n) is 6.11. The fourth-order valence-corrected chi connectivity index (χ4v) is 2.91. The minimum absolute atomic E-state index is 0.434. The van der Waals surface area contributed by atoms with E-state index in [1.165, 1.54) is 5.56 Å². The van der Waals surface area contributed by atoms with Crippen molar-refractivity contribution < 1.29 is 9.84 Å². The molecule has 1 aliphatic heterocycles. The monoisotopic (exact) mass is 306 g/mol. The van der Waals surface area contributed by atoms with Gasteiger partial charge in [-0.05, 0) is 42.5 Å². The molecule has 1 fully saturated rings. The van der Waals surface area contributed by atoms with E-state index in [2.05, 4.69) is 30.1 Å². The molecule has 22 heavy (non-hydrogen) atoms. The third-order valence-corrected chi connectivity index (χ3v) is 4.50. The number of aliphatic hydroxyl groups is 1. The number of hydrogen-bond acceptors (Lipinski definition) is 4. The van der Waals surface area contributed by atoms with Gasteiger partial charge in [0, 0.05) is 32.7 Å². The lowest BCUT2D eigenvalue weighted by Gasteiger charge is -2.29. The number of rotatable bonds is 7. The summed E-state index contributed by atoms with van der Waals surface area (Å²) < 4.78 is 5.74. The molecule has 124 valence electrons. The highest BCUT2D eigenvalue weighted by Gasteiger charge is 2.18. The van der Waals surface area contributed by atoms with Crippen LogP contribution in [0.1, 0.15) is 50.3 Å². The Hall–Kier alpha value is -1.10. The summed E-state index contributed by atoms with van der Waals surface area (Å²) >= 11 is 0. The highest BCUT2D eigenvalue weighted by Crippen LogP contribution is 2.31. The van der Waals surface area contributed by atoms with Gasteiger partial charge in [0.2, 0.25) is 0 Å². The van der Waals surface area contributed by atoms with E-state index in [1.807, 2.05) is 19.1 Å². The zero-order valence-electron chi connectivity index (χ0n) is 14.1. The standard InChI is InChI=1S/C18H30N2O2/c1-4-14(3)16-12-15(6-7-18(16)22-5-2)17(21)13-20-10-8-19-9-11-20/h6-7,12,14,17,19,21H,4-5,8-11,13H2,1-3H3. The minimum atomic E-state index is -0.434. The van der Waals surface area contributed by atoms with Crippen molar-refractivity contribution in [1.29, 1.82) is 0 Å². The molecule has 2 unspecified atom stereocenters. The van der Waals surface area contributed by atoms with E-state index >= 15 is 0 Å². The molecule has 0 aromatic heterocycles. The van der Waals surface area contributed by atoms with Gasteiger partial charge in [-0.15, -0.1) is 0 Å². The predicted octanol–water partition coefficient (Wildman–Crippen LogP) is 2.54. The topological polar surface area (TPSA) is 44.7 Å². The number of aliphatic hydroxyl groups excluding tert-OH is 1. The van der Waals surface area contributed by atoms with Crippen LogP contribution in [0.3, 0.4) is 0 Å². The van der Waals surface area contributed by atoms with Crippen LogP contribution in [-0.2, 0) is 0 Å². The van der Waals surface area contributed by atoms with Crippen LogP contribution in [0, 0.1) is 0 Å². The molecule has 2 atom stereocenters. The van der Waals surface area contributed by atoms with Gasteiger partial charge in [-0.25, -0.2) is 0 Å². The fourth-order valence-electron chi connectivity index (χ4n) is 2.91. The summed E-state index contributed by atoms with van der Waals surface area (Å²) in [7, 11) is 0. The summed E-state index contributed by atoms with van der Waals surface area (Å²) in [6.45, 7) is 11.8. The molecule has 4 nitrogen and oxygen atoms in total. The van der Waals surface area contributed by atoms with E-state index in [0.717, 1.165) is 43.9 Å². The van der Waals surface area contributed by atoms with Crippen LogP contribution in [0.5, 0.6) is 5.75 Å². The molecule has 0 bridgehead atoms. The molecular weight excluding hydrogens is 276 g/mol. The maximum atomic E-state index is 10.6. The molecule has 0 aliphatic carbocycles. The Morgan fingerprint density at radius 1 is 1.27 bits per heavy atom. The molecule has 1 aliphatic rings. The van der Waals surface area contributed by atoms with Gasteiger partial charge in [-0.2, -0.15) is 0 Å². The molecule has 2 rings (SSSR count). The average Bonchev–Trinajstić information content (AvgIpc) is 2.55. The summed E-state index contributed by atoms with van der Waals surface area (Å²) in [5.74, 6) is 1.39. The third-order valence-electron chi connectivity index (χ3n) is 4.50. The summed E-state index contributed by atoms with van der Waals surface area (Å²) in [6, 6.07) is 6.15. The first-order valence-corrected chi connectivity index (χ1v) is 8.53.